The average molecular weight is 494 g/mol. The number of hydrogen-bond donors (Lipinski definition) is 1. The van der Waals surface area contributed by atoms with E-state index >= 15 is 0 Å². The van der Waals surface area contributed by atoms with Crippen molar-refractivity contribution in [1.82, 2.24) is 19.8 Å². The largest absolute Gasteiger partial charge is 0.385 e. The van der Waals surface area contributed by atoms with Crippen molar-refractivity contribution < 1.29 is 4.79 Å². The molecule has 0 bridgehead atoms. The Morgan fingerprint density at radius 3 is 2.78 bits per heavy atom. The van der Waals surface area contributed by atoms with Crippen molar-refractivity contribution in [2.24, 2.45) is 0 Å². The van der Waals surface area contributed by atoms with Crippen LogP contribution in [0.3, 0.4) is 0 Å². The zero-order chi connectivity index (χ0) is 22.3. The summed E-state index contributed by atoms with van der Waals surface area (Å²) in [5, 5.41) is 3.57. The minimum absolute atomic E-state index is 0.0343. The Morgan fingerprint density at radius 1 is 1.12 bits per heavy atom. The normalized spacial score (nSPS) is 15.4. The maximum Gasteiger partial charge on any atom is 0.257 e. The first-order chi connectivity index (χ1) is 15.6. The third-order valence-electron chi connectivity index (χ3n) is 5.76. The standard InChI is InChI=1S/C25H28BrN5O/c1-19-23(15-27-18-29-19)25(32)31-13-12-30(16-20-6-3-2-4-7-20)11-5-10-28-24-9-8-22(26)14-21(24)17-31/h2-4,6-9,14-15,18,28H,5,10-13,16-17H2,1H3. The van der Waals surface area contributed by atoms with E-state index in [-0.39, 0.29) is 5.91 Å². The molecular formula is C25H28BrN5O. The van der Waals surface area contributed by atoms with E-state index in [0.717, 1.165) is 48.3 Å². The molecule has 2 aromatic carbocycles. The van der Waals surface area contributed by atoms with Crippen molar-refractivity contribution in [2.45, 2.75) is 26.4 Å². The monoisotopic (exact) mass is 493 g/mol. The van der Waals surface area contributed by atoms with Crippen LogP contribution in [-0.2, 0) is 13.1 Å². The summed E-state index contributed by atoms with van der Waals surface area (Å²) < 4.78 is 1.00. The van der Waals surface area contributed by atoms with Crippen molar-refractivity contribution in [3.8, 4) is 0 Å². The number of nitrogens with one attached hydrogen (secondary N) is 1. The Morgan fingerprint density at radius 2 is 1.97 bits per heavy atom. The number of amides is 1. The molecule has 3 aromatic rings. The third kappa shape index (κ3) is 5.72. The molecule has 32 heavy (non-hydrogen) atoms. The smallest absolute Gasteiger partial charge is 0.257 e. The molecule has 6 nitrogen and oxygen atoms in total. The number of benzene rings is 2. The second kappa shape index (κ2) is 10.7. The number of anilines is 1. The highest BCUT2D eigenvalue weighted by atomic mass is 79.9. The summed E-state index contributed by atoms with van der Waals surface area (Å²) in [6.07, 6.45) is 4.14. The van der Waals surface area contributed by atoms with Crippen molar-refractivity contribution >= 4 is 27.5 Å². The van der Waals surface area contributed by atoms with Crippen LogP contribution in [0, 0.1) is 6.92 Å². The topological polar surface area (TPSA) is 61.4 Å². The zero-order valence-corrected chi connectivity index (χ0v) is 19.9. The van der Waals surface area contributed by atoms with Gasteiger partial charge in [-0.15, -0.1) is 0 Å². The molecule has 1 aromatic heterocycles. The Labute approximate surface area is 197 Å². The molecule has 1 amide bonds. The highest BCUT2D eigenvalue weighted by Crippen LogP contribution is 2.24. The lowest BCUT2D eigenvalue weighted by atomic mass is 10.1. The van der Waals surface area contributed by atoms with Crippen molar-refractivity contribution in [3.63, 3.8) is 0 Å². The van der Waals surface area contributed by atoms with E-state index in [1.54, 1.807) is 6.20 Å². The SMILES string of the molecule is Cc1ncncc1C(=O)N1CCN(Cc2ccccc2)CCCNc2ccc(Br)cc2C1. The van der Waals surface area contributed by atoms with Gasteiger partial charge in [0.15, 0.2) is 0 Å². The quantitative estimate of drug-likeness (QED) is 0.581. The van der Waals surface area contributed by atoms with Gasteiger partial charge >= 0.3 is 0 Å². The second-order valence-electron chi connectivity index (χ2n) is 8.09. The molecular weight excluding hydrogens is 466 g/mol. The molecule has 1 N–H and O–H groups in total. The van der Waals surface area contributed by atoms with Crippen LogP contribution in [-0.4, -0.2) is 51.9 Å². The molecule has 1 aliphatic heterocycles. The molecule has 0 unspecified atom stereocenters. The first-order valence-corrected chi connectivity index (χ1v) is 11.7. The Balaban J connectivity index is 1.61. The molecule has 0 saturated carbocycles. The predicted octanol–water partition coefficient (Wildman–Crippen LogP) is 4.51. The first kappa shape index (κ1) is 22.4. The third-order valence-corrected chi connectivity index (χ3v) is 6.25. The van der Waals surface area contributed by atoms with E-state index in [1.165, 1.54) is 11.9 Å². The maximum atomic E-state index is 13.5. The molecule has 4 rings (SSSR count). The molecule has 1 aliphatic rings. The Bertz CT molecular complexity index is 1060. The molecule has 166 valence electrons. The van der Waals surface area contributed by atoms with Crippen LogP contribution in [0.25, 0.3) is 0 Å². The van der Waals surface area contributed by atoms with Gasteiger partial charge in [0.1, 0.15) is 6.33 Å². The van der Waals surface area contributed by atoms with Gasteiger partial charge in [0.2, 0.25) is 0 Å². The maximum absolute atomic E-state index is 13.5. The van der Waals surface area contributed by atoms with Crippen LogP contribution >= 0.6 is 15.9 Å². The number of hydrogen-bond acceptors (Lipinski definition) is 5. The molecule has 0 saturated heterocycles. The van der Waals surface area contributed by atoms with Gasteiger partial charge in [0, 0.05) is 55.6 Å². The lowest BCUT2D eigenvalue weighted by Gasteiger charge is -2.28. The number of nitrogens with zero attached hydrogens (tertiary/aromatic N) is 4. The van der Waals surface area contributed by atoms with E-state index in [4.69, 9.17) is 0 Å². The Hall–Kier alpha value is -2.77. The number of carbonyl (C=O) groups is 1. The molecule has 0 aliphatic carbocycles. The Kier molecular flexibility index (Phi) is 7.50. The van der Waals surface area contributed by atoms with Crippen LogP contribution < -0.4 is 5.32 Å². The molecule has 0 atom stereocenters. The fourth-order valence-corrected chi connectivity index (χ4v) is 4.40. The number of halogens is 1. The lowest BCUT2D eigenvalue weighted by molar-refractivity contribution is 0.0718. The van der Waals surface area contributed by atoms with Crippen LogP contribution in [0.1, 0.15) is 33.6 Å². The van der Waals surface area contributed by atoms with Crippen LogP contribution in [0.5, 0.6) is 0 Å². The van der Waals surface area contributed by atoms with Gasteiger partial charge < -0.3 is 10.2 Å². The van der Waals surface area contributed by atoms with Crippen LogP contribution in [0.4, 0.5) is 5.69 Å². The van der Waals surface area contributed by atoms with Gasteiger partial charge in [-0.1, -0.05) is 46.3 Å². The van der Waals surface area contributed by atoms with E-state index in [1.807, 2.05) is 24.0 Å². The van der Waals surface area contributed by atoms with Gasteiger partial charge in [-0.25, -0.2) is 9.97 Å². The van der Waals surface area contributed by atoms with Crippen molar-refractivity contribution in [1.29, 1.82) is 0 Å². The van der Waals surface area contributed by atoms with Gasteiger partial charge in [0.05, 0.1) is 11.3 Å². The summed E-state index contributed by atoms with van der Waals surface area (Å²) in [5.74, 6) is -0.0343. The summed E-state index contributed by atoms with van der Waals surface area (Å²) in [5.41, 5.74) is 4.71. The van der Waals surface area contributed by atoms with E-state index in [9.17, 15) is 4.79 Å². The van der Waals surface area contributed by atoms with Crippen LogP contribution in [0.15, 0.2) is 65.5 Å². The molecule has 0 fully saturated rings. The first-order valence-electron chi connectivity index (χ1n) is 10.9. The fraction of sp³-hybridized carbons (Fsp3) is 0.320. The highest BCUT2D eigenvalue weighted by molar-refractivity contribution is 9.10. The lowest BCUT2D eigenvalue weighted by Crippen LogP contribution is -2.39. The summed E-state index contributed by atoms with van der Waals surface area (Å²) >= 11 is 3.59. The van der Waals surface area contributed by atoms with Gasteiger partial charge in [-0.05, 0) is 42.7 Å². The predicted molar refractivity (Wildman–Crippen MR) is 130 cm³/mol. The number of aryl methyl sites for hydroxylation is 1. The molecule has 2 heterocycles. The van der Waals surface area contributed by atoms with E-state index < -0.39 is 0 Å². The number of fused-ring (bicyclic) bond motifs is 1. The van der Waals surface area contributed by atoms with E-state index in [0.29, 0.717) is 24.3 Å². The summed E-state index contributed by atoms with van der Waals surface area (Å²) in [6, 6.07) is 16.7. The van der Waals surface area contributed by atoms with Crippen molar-refractivity contribution in [2.75, 3.05) is 31.5 Å². The van der Waals surface area contributed by atoms with Gasteiger partial charge in [-0.2, -0.15) is 0 Å². The van der Waals surface area contributed by atoms with Gasteiger partial charge in [0.25, 0.3) is 5.91 Å². The molecule has 0 spiro atoms. The minimum Gasteiger partial charge on any atom is -0.385 e. The van der Waals surface area contributed by atoms with E-state index in [2.05, 4.69) is 72.5 Å². The average Bonchev–Trinajstić information content (AvgIpc) is 2.84. The van der Waals surface area contributed by atoms with Crippen molar-refractivity contribution in [3.05, 3.63) is 87.9 Å². The highest BCUT2D eigenvalue weighted by Gasteiger charge is 2.22. The fourth-order valence-electron chi connectivity index (χ4n) is 3.99. The second-order valence-corrected chi connectivity index (χ2v) is 9.01. The number of rotatable bonds is 3. The summed E-state index contributed by atoms with van der Waals surface area (Å²) in [6.45, 7) is 6.53. The van der Waals surface area contributed by atoms with Gasteiger partial charge in [-0.3, -0.25) is 9.69 Å². The number of aromatic nitrogens is 2. The van der Waals surface area contributed by atoms with Crippen LogP contribution in [0.2, 0.25) is 0 Å². The summed E-state index contributed by atoms with van der Waals surface area (Å²) in [4.78, 5) is 26.2. The summed E-state index contributed by atoms with van der Waals surface area (Å²) in [7, 11) is 0. The number of carbonyl (C=O) groups excluding carboxylic acids is 1. The zero-order valence-electron chi connectivity index (χ0n) is 18.3. The molecule has 0 radical (unpaired) electrons. The molecule has 7 heteroatoms. The minimum atomic E-state index is -0.0343.